The molecule has 8 heteroatoms. The maximum atomic E-state index is 13.5. The quantitative estimate of drug-likeness (QED) is 0.614. The van der Waals surface area contributed by atoms with E-state index in [1.165, 1.54) is 34.1 Å². The Morgan fingerprint density at radius 2 is 1.90 bits per heavy atom. The smallest absolute Gasteiger partial charge is 0.335 e. The minimum Gasteiger partial charge on any atom is -0.361 e. The molecule has 3 aromatic rings. The molecule has 0 bridgehead atoms. The van der Waals surface area contributed by atoms with Gasteiger partial charge in [-0.1, -0.05) is 6.92 Å². The Kier molecular flexibility index (Phi) is 6.46. The fourth-order valence-electron chi connectivity index (χ4n) is 3.95. The molecule has 1 aliphatic rings. The highest BCUT2D eigenvalue weighted by molar-refractivity contribution is 5.59. The standard InChI is InChI=1S/C23H28FN5O2/c1-3-31-15-28-14-21(29(23(28)30)19-10-6-17(24)7-11-19)20-12-13-25-22(27-20)26-18-8-4-16(2)5-9-18/h6-7,10-14,16,18H,3-5,8-9,15H2,1-2H3,(H,25,26,27)/t16-,18-. The van der Waals surface area contributed by atoms with Gasteiger partial charge in [-0.05, 0) is 68.9 Å². The third-order valence-corrected chi connectivity index (χ3v) is 5.74. The Morgan fingerprint density at radius 1 is 1.16 bits per heavy atom. The van der Waals surface area contributed by atoms with E-state index >= 15 is 0 Å². The number of nitrogens with one attached hydrogen (secondary N) is 1. The molecule has 164 valence electrons. The third kappa shape index (κ3) is 4.85. The predicted octanol–water partition coefficient (Wildman–Crippen LogP) is 4.22. The van der Waals surface area contributed by atoms with Crippen molar-refractivity contribution in [3.05, 3.63) is 59.0 Å². The lowest BCUT2D eigenvalue weighted by atomic mass is 9.87. The molecule has 1 aromatic carbocycles. The maximum Gasteiger partial charge on any atom is 0.335 e. The van der Waals surface area contributed by atoms with E-state index < -0.39 is 0 Å². The molecule has 2 heterocycles. The van der Waals surface area contributed by atoms with Crippen LogP contribution in [0.1, 0.15) is 39.5 Å². The van der Waals surface area contributed by atoms with Crippen LogP contribution in [0.2, 0.25) is 0 Å². The molecule has 1 saturated carbocycles. The van der Waals surface area contributed by atoms with Crippen LogP contribution in [0.15, 0.2) is 47.5 Å². The van der Waals surface area contributed by atoms with Gasteiger partial charge in [0.2, 0.25) is 5.95 Å². The highest BCUT2D eigenvalue weighted by Crippen LogP contribution is 2.26. The molecule has 0 atom stereocenters. The van der Waals surface area contributed by atoms with E-state index in [2.05, 4.69) is 22.2 Å². The van der Waals surface area contributed by atoms with Gasteiger partial charge in [0.1, 0.15) is 12.5 Å². The zero-order chi connectivity index (χ0) is 21.8. The van der Waals surface area contributed by atoms with E-state index in [9.17, 15) is 9.18 Å². The van der Waals surface area contributed by atoms with Crippen LogP contribution in [0.25, 0.3) is 17.1 Å². The zero-order valence-corrected chi connectivity index (χ0v) is 17.9. The van der Waals surface area contributed by atoms with Crippen LogP contribution in [0.3, 0.4) is 0 Å². The third-order valence-electron chi connectivity index (χ3n) is 5.74. The maximum absolute atomic E-state index is 13.5. The SMILES string of the molecule is CCOCn1cc(-c2ccnc(N[C@H]3CC[C@H](C)CC3)n2)n(-c2ccc(F)cc2)c1=O. The summed E-state index contributed by atoms with van der Waals surface area (Å²) in [4.78, 5) is 22.1. The number of halogens is 1. The van der Waals surface area contributed by atoms with Gasteiger partial charge in [-0.25, -0.2) is 19.2 Å². The van der Waals surface area contributed by atoms with E-state index in [0.717, 1.165) is 18.8 Å². The molecule has 0 unspecified atom stereocenters. The molecule has 0 spiro atoms. The van der Waals surface area contributed by atoms with Crippen LogP contribution in [0, 0.1) is 11.7 Å². The van der Waals surface area contributed by atoms with Crippen molar-refractivity contribution in [2.24, 2.45) is 5.92 Å². The lowest BCUT2D eigenvalue weighted by Crippen LogP contribution is -2.26. The summed E-state index contributed by atoms with van der Waals surface area (Å²) in [6, 6.07) is 7.95. The molecule has 2 aromatic heterocycles. The van der Waals surface area contributed by atoms with Crippen molar-refractivity contribution in [2.75, 3.05) is 11.9 Å². The van der Waals surface area contributed by atoms with E-state index in [4.69, 9.17) is 4.74 Å². The van der Waals surface area contributed by atoms with Crippen LogP contribution >= 0.6 is 0 Å². The Bertz CT molecular complexity index is 1070. The summed E-state index contributed by atoms with van der Waals surface area (Å²) in [5, 5.41) is 3.44. The highest BCUT2D eigenvalue weighted by Gasteiger charge is 2.20. The first-order valence-corrected chi connectivity index (χ1v) is 10.8. The lowest BCUT2D eigenvalue weighted by molar-refractivity contribution is 0.0854. The largest absolute Gasteiger partial charge is 0.361 e. The molecule has 4 rings (SSSR count). The van der Waals surface area contributed by atoms with Crippen molar-refractivity contribution in [3.63, 3.8) is 0 Å². The van der Waals surface area contributed by atoms with Crippen LogP contribution in [-0.2, 0) is 11.5 Å². The monoisotopic (exact) mass is 425 g/mol. The second-order valence-corrected chi connectivity index (χ2v) is 8.07. The van der Waals surface area contributed by atoms with Gasteiger partial charge in [0.15, 0.2) is 0 Å². The molecule has 0 amide bonds. The van der Waals surface area contributed by atoms with Crippen molar-refractivity contribution in [3.8, 4) is 17.1 Å². The van der Waals surface area contributed by atoms with Gasteiger partial charge in [-0.2, -0.15) is 0 Å². The summed E-state index contributed by atoms with van der Waals surface area (Å²) in [6.07, 6.45) is 7.99. The Morgan fingerprint density at radius 3 is 2.61 bits per heavy atom. The van der Waals surface area contributed by atoms with Crippen molar-refractivity contribution in [2.45, 2.75) is 52.3 Å². The van der Waals surface area contributed by atoms with Crippen LogP contribution < -0.4 is 11.0 Å². The van der Waals surface area contributed by atoms with Crippen molar-refractivity contribution < 1.29 is 9.13 Å². The summed E-state index contributed by atoms with van der Waals surface area (Å²) >= 11 is 0. The molecule has 0 radical (unpaired) electrons. The fourth-order valence-corrected chi connectivity index (χ4v) is 3.95. The first-order chi connectivity index (χ1) is 15.0. The molecule has 1 N–H and O–H groups in total. The minimum absolute atomic E-state index is 0.132. The van der Waals surface area contributed by atoms with Crippen LogP contribution in [-0.4, -0.2) is 31.8 Å². The zero-order valence-electron chi connectivity index (χ0n) is 17.9. The van der Waals surface area contributed by atoms with Gasteiger partial charge in [0.25, 0.3) is 0 Å². The van der Waals surface area contributed by atoms with Crippen molar-refractivity contribution in [1.82, 2.24) is 19.1 Å². The summed E-state index contributed by atoms with van der Waals surface area (Å²) in [6.45, 7) is 4.78. The Balaban J connectivity index is 1.69. The fraction of sp³-hybridized carbons (Fsp3) is 0.435. The number of aromatic nitrogens is 4. The second-order valence-electron chi connectivity index (χ2n) is 8.07. The van der Waals surface area contributed by atoms with Gasteiger partial charge in [0, 0.05) is 25.0 Å². The molecular weight excluding hydrogens is 397 g/mol. The Labute approximate surface area is 180 Å². The van der Waals surface area contributed by atoms with Crippen LogP contribution in [0.4, 0.5) is 10.3 Å². The number of hydrogen-bond donors (Lipinski definition) is 1. The van der Waals surface area contributed by atoms with E-state index in [1.807, 2.05) is 6.92 Å². The summed E-state index contributed by atoms with van der Waals surface area (Å²) < 4.78 is 21.9. The van der Waals surface area contributed by atoms with Gasteiger partial charge in [0.05, 0.1) is 17.1 Å². The normalized spacial score (nSPS) is 18.8. The second kappa shape index (κ2) is 9.43. The molecule has 7 nitrogen and oxygen atoms in total. The first kappa shape index (κ1) is 21.2. The predicted molar refractivity (Wildman–Crippen MR) is 118 cm³/mol. The van der Waals surface area contributed by atoms with Gasteiger partial charge in [-0.3, -0.25) is 9.13 Å². The van der Waals surface area contributed by atoms with Gasteiger partial charge < -0.3 is 10.1 Å². The van der Waals surface area contributed by atoms with E-state index in [0.29, 0.717) is 35.7 Å². The average molecular weight is 426 g/mol. The average Bonchev–Trinajstić information content (AvgIpc) is 3.11. The van der Waals surface area contributed by atoms with Crippen molar-refractivity contribution >= 4 is 5.95 Å². The number of nitrogens with zero attached hydrogens (tertiary/aromatic N) is 4. The molecule has 1 aliphatic carbocycles. The molecule has 0 saturated heterocycles. The lowest BCUT2D eigenvalue weighted by Gasteiger charge is -2.26. The van der Waals surface area contributed by atoms with E-state index in [1.54, 1.807) is 30.6 Å². The molecule has 0 aliphatic heterocycles. The van der Waals surface area contributed by atoms with Crippen molar-refractivity contribution in [1.29, 1.82) is 0 Å². The van der Waals surface area contributed by atoms with Gasteiger partial charge >= 0.3 is 5.69 Å². The summed E-state index contributed by atoms with van der Waals surface area (Å²) in [5.41, 5.74) is 1.49. The number of hydrogen-bond acceptors (Lipinski definition) is 5. The molecule has 31 heavy (non-hydrogen) atoms. The number of benzene rings is 1. The number of anilines is 1. The Hall–Kier alpha value is -3.00. The number of rotatable bonds is 7. The number of ether oxygens (including phenoxy) is 1. The summed E-state index contributed by atoms with van der Waals surface area (Å²) in [5.74, 6) is 0.954. The first-order valence-electron chi connectivity index (χ1n) is 10.8. The summed E-state index contributed by atoms with van der Waals surface area (Å²) in [7, 11) is 0. The van der Waals surface area contributed by atoms with E-state index in [-0.39, 0.29) is 18.2 Å². The molecule has 1 fully saturated rings. The molecular formula is C23H28FN5O2. The minimum atomic E-state index is -0.359. The van der Waals surface area contributed by atoms with Gasteiger partial charge in [-0.15, -0.1) is 0 Å². The number of imidazole rings is 1. The topological polar surface area (TPSA) is 74.0 Å². The van der Waals surface area contributed by atoms with Crippen LogP contribution in [0.5, 0.6) is 0 Å². The highest BCUT2D eigenvalue weighted by atomic mass is 19.1.